The van der Waals surface area contributed by atoms with Crippen molar-refractivity contribution >= 4 is 7.28 Å². The van der Waals surface area contributed by atoms with Gasteiger partial charge in [0.25, 0.3) is 0 Å². The second kappa shape index (κ2) is 2.05. The minimum atomic E-state index is 0.354. The minimum Gasteiger partial charge on any atom is -0.114 e. The summed E-state index contributed by atoms with van der Waals surface area (Å²) in [6.07, 6.45) is 2.22. The van der Waals surface area contributed by atoms with Crippen LogP contribution >= 0.6 is 0 Å². The number of hydrogen-bond acceptors (Lipinski definition) is 0. The molecule has 0 fully saturated rings. The van der Waals surface area contributed by atoms with E-state index in [1.165, 1.54) is 5.57 Å². The van der Waals surface area contributed by atoms with Gasteiger partial charge in [0.05, 0.1) is 0 Å². The van der Waals surface area contributed by atoms with E-state index in [1.807, 2.05) is 0 Å². The quantitative estimate of drug-likeness (QED) is 0.428. The Labute approximate surface area is 57.9 Å². The Kier molecular flexibility index (Phi) is 1.52. The lowest BCUT2D eigenvalue weighted by Gasteiger charge is -2.18. The molecule has 1 aliphatic heterocycles. The zero-order valence-corrected chi connectivity index (χ0v) is 6.44. The molecule has 1 heterocycles. The summed E-state index contributed by atoms with van der Waals surface area (Å²) in [5.41, 5.74) is 1.83. The Morgan fingerprint density at radius 2 is 2.00 bits per heavy atom. The molecule has 1 heteroatoms. The molecule has 0 atom stereocenters. The van der Waals surface area contributed by atoms with Crippen molar-refractivity contribution in [1.29, 1.82) is 0 Å². The maximum atomic E-state index is 2.29. The smallest absolute Gasteiger partial charge is 0.114 e. The molecular formula is C8H13B. The molecule has 0 aliphatic carbocycles. The highest BCUT2D eigenvalue weighted by molar-refractivity contribution is 6.49. The number of hydrogen-bond donors (Lipinski definition) is 0. The Morgan fingerprint density at radius 3 is 2.22 bits per heavy atom. The first kappa shape index (κ1) is 6.66. The van der Waals surface area contributed by atoms with Crippen LogP contribution in [0, 0.1) is 5.41 Å². The van der Waals surface area contributed by atoms with Crippen molar-refractivity contribution in [1.82, 2.24) is 0 Å². The summed E-state index contributed by atoms with van der Waals surface area (Å²) in [5.74, 6) is 4.50. The first-order valence-corrected chi connectivity index (χ1v) is 3.48. The summed E-state index contributed by atoms with van der Waals surface area (Å²) in [5, 5.41) is 0. The highest BCUT2D eigenvalue weighted by atomic mass is 14.2. The van der Waals surface area contributed by atoms with E-state index >= 15 is 0 Å². The summed E-state index contributed by atoms with van der Waals surface area (Å²) < 4.78 is 0. The van der Waals surface area contributed by atoms with Gasteiger partial charge < -0.3 is 0 Å². The van der Waals surface area contributed by atoms with Gasteiger partial charge in [0.15, 0.2) is 7.28 Å². The van der Waals surface area contributed by atoms with Gasteiger partial charge in [-0.15, -0.1) is 12.0 Å². The molecule has 0 aromatic carbocycles. The monoisotopic (exact) mass is 120 g/mol. The molecule has 0 amide bonds. The third-order valence-electron chi connectivity index (χ3n) is 1.64. The van der Waals surface area contributed by atoms with E-state index in [1.54, 1.807) is 0 Å². The number of allylic oxidation sites excluding steroid dienone is 2. The van der Waals surface area contributed by atoms with Crippen molar-refractivity contribution < 1.29 is 0 Å². The van der Waals surface area contributed by atoms with Crippen molar-refractivity contribution in [2.45, 2.75) is 20.8 Å². The fourth-order valence-corrected chi connectivity index (χ4v) is 1.01. The third kappa shape index (κ3) is 1.47. The second-order valence-corrected chi connectivity index (χ2v) is 3.55. The molecule has 0 saturated carbocycles. The van der Waals surface area contributed by atoms with Gasteiger partial charge >= 0.3 is 0 Å². The lowest BCUT2D eigenvalue weighted by molar-refractivity contribution is 0.519. The molecule has 0 unspecified atom stereocenters. The molecule has 0 radical (unpaired) electrons. The minimum absolute atomic E-state index is 0.354. The molecule has 0 N–H and O–H groups in total. The summed E-state index contributed by atoms with van der Waals surface area (Å²) in [6.45, 7) is 6.73. The van der Waals surface area contributed by atoms with Crippen LogP contribution in [0.2, 0.25) is 0 Å². The first-order valence-electron chi connectivity index (χ1n) is 3.48. The van der Waals surface area contributed by atoms with Gasteiger partial charge in [-0.3, -0.25) is 0 Å². The van der Waals surface area contributed by atoms with E-state index < -0.39 is 0 Å². The highest BCUT2D eigenvalue weighted by Gasteiger charge is 2.15. The average molecular weight is 120 g/mol. The Balaban J connectivity index is 2.73. The van der Waals surface area contributed by atoms with Crippen LogP contribution in [0.4, 0.5) is 0 Å². The van der Waals surface area contributed by atoms with Crippen LogP contribution in [0.3, 0.4) is 0 Å². The summed E-state index contributed by atoms with van der Waals surface area (Å²) in [6, 6.07) is 0. The standard InChI is InChI=1S/C8H13B/c1-8(2,3)7-4-5-9-6-7/h4-6,9H,1-3H3. The predicted molar refractivity (Wildman–Crippen MR) is 43.8 cm³/mol. The normalized spacial score (nSPS) is 17.4. The van der Waals surface area contributed by atoms with Gasteiger partial charge in [0.1, 0.15) is 0 Å². The molecule has 1 rings (SSSR count). The lowest BCUT2D eigenvalue weighted by atomic mass is 9.79. The van der Waals surface area contributed by atoms with Crippen LogP contribution in [0.25, 0.3) is 0 Å². The van der Waals surface area contributed by atoms with Gasteiger partial charge in [-0.25, -0.2) is 0 Å². The molecule has 0 saturated heterocycles. The Hall–Kier alpha value is -0.455. The van der Waals surface area contributed by atoms with E-state index in [9.17, 15) is 0 Å². The average Bonchev–Trinajstić information content (AvgIpc) is 2.08. The molecule has 0 spiro atoms. The lowest BCUT2D eigenvalue weighted by Crippen LogP contribution is -2.05. The van der Waals surface area contributed by atoms with Crippen LogP contribution < -0.4 is 0 Å². The fraction of sp³-hybridized carbons (Fsp3) is 0.500. The molecule has 48 valence electrons. The van der Waals surface area contributed by atoms with E-state index in [-0.39, 0.29) is 0 Å². The highest BCUT2D eigenvalue weighted by Crippen LogP contribution is 2.27. The van der Waals surface area contributed by atoms with Crippen molar-refractivity contribution in [3.8, 4) is 0 Å². The zero-order chi connectivity index (χ0) is 6.91. The van der Waals surface area contributed by atoms with Gasteiger partial charge in [-0.2, -0.15) is 0 Å². The maximum Gasteiger partial charge on any atom is 0.174 e. The third-order valence-corrected chi connectivity index (χ3v) is 1.64. The SMILES string of the molecule is CC(C)(C)C1=CBC=C1. The molecule has 0 nitrogen and oxygen atoms in total. The van der Waals surface area contributed by atoms with E-state index in [2.05, 4.69) is 38.8 Å². The molecular weight excluding hydrogens is 107 g/mol. The van der Waals surface area contributed by atoms with E-state index in [0.717, 1.165) is 7.28 Å². The van der Waals surface area contributed by atoms with E-state index in [4.69, 9.17) is 0 Å². The summed E-state index contributed by atoms with van der Waals surface area (Å²) in [7, 11) is 1.13. The molecule has 1 aliphatic rings. The van der Waals surface area contributed by atoms with Crippen LogP contribution in [0.15, 0.2) is 23.6 Å². The predicted octanol–water partition coefficient (Wildman–Crippen LogP) is 1.88. The van der Waals surface area contributed by atoms with Crippen molar-refractivity contribution in [3.63, 3.8) is 0 Å². The Bertz CT molecular complexity index is 158. The van der Waals surface area contributed by atoms with Crippen molar-refractivity contribution in [3.05, 3.63) is 23.6 Å². The van der Waals surface area contributed by atoms with Gasteiger partial charge in [0.2, 0.25) is 0 Å². The molecule has 0 aromatic heterocycles. The number of rotatable bonds is 0. The van der Waals surface area contributed by atoms with Crippen LogP contribution in [-0.4, -0.2) is 7.28 Å². The zero-order valence-electron chi connectivity index (χ0n) is 6.44. The fourth-order valence-electron chi connectivity index (χ4n) is 1.01. The summed E-state index contributed by atoms with van der Waals surface area (Å²) >= 11 is 0. The van der Waals surface area contributed by atoms with Gasteiger partial charge in [0, 0.05) is 0 Å². The van der Waals surface area contributed by atoms with Crippen molar-refractivity contribution in [2.24, 2.45) is 5.41 Å². The van der Waals surface area contributed by atoms with Gasteiger partial charge in [-0.05, 0) is 5.41 Å². The largest absolute Gasteiger partial charge is 0.174 e. The molecule has 0 aromatic rings. The van der Waals surface area contributed by atoms with E-state index in [0.29, 0.717) is 5.41 Å². The van der Waals surface area contributed by atoms with Gasteiger partial charge in [-0.1, -0.05) is 32.4 Å². The first-order chi connectivity index (χ1) is 4.11. The second-order valence-electron chi connectivity index (χ2n) is 3.55. The topological polar surface area (TPSA) is 0 Å². The van der Waals surface area contributed by atoms with Crippen molar-refractivity contribution in [2.75, 3.05) is 0 Å². The maximum absolute atomic E-state index is 2.29. The van der Waals surface area contributed by atoms with Crippen LogP contribution in [-0.2, 0) is 0 Å². The molecule has 9 heavy (non-hydrogen) atoms. The van der Waals surface area contributed by atoms with Crippen LogP contribution in [0.5, 0.6) is 0 Å². The molecule has 0 bridgehead atoms. The Morgan fingerprint density at radius 1 is 1.33 bits per heavy atom. The summed E-state index contributed by atoms with van der Waals surface area (Å²) in [4.78, 5) is 0. The van der Waals surface area contributed by atoms with Crippen LogP contribution in [0.1, 0.15) is 20.8 Å².